The number of hydrogen-bond acceptors (Lipinski definition) is 4. The lowest BCUT2D eigenvalue weighted by atomic mass is 10.2. The maximum Gasteiger partial charge on any atom is 0.338 e. The first kappa shape index (κ1) is 12.3. The summed E-state index contributed by atoms with van der Waals surface area (Å²) in [4.78, 5) is 22.2. The summed E-state index contributed by atoms with van der Waals surface area (Å²) in [5.74, 6) is -1.56. The van der Waals surface area contributed by atoms with Gasteiger partial charge in [0.2, 0.25) is 6.04 Å². The van der Waals surface area contributed by atoms with E-state index in [4.69, 9.17) is 17.3 Å². The summed E-state index contributed by atoms with van der Waals surface area (Å²) in [6.45, 7) is 0. The van der Waals surface area contributed by atoms with Crippen molar-refractivity contribution in [3.05, 3.63) is 29.3 Å². The van der Waals surface area contributed by atoms with E-state index in [9.17, 15) is 9.59 Å². The van der Waals surface area contributed by atoms with Gasteiger partial charge < -0.3 is 15.8 Å². The standard InChI is InChI=1S/C10H11ClN2O3/c1-16-10(15)8(9(12)14)13-7-4-2-3-6(11)5-7/h2-5,8,13H,1H3,(H2,12,14). The number of ether oxygens (including phenoxy) is 1. The molecular weight excluding hydrogens is 232 g/mol. The number of anilines is 1. The van der Waals surface area contributed by atoms with Crippen molar-refractivity contribution in [2.45, 2.75) is 6.04 Å². The van der Waals surface area contributed by atoms with Crippen LogP contribution in [0.1, 0.15) is 0 Å². The first-order chi connectivity index (χ1) is 7.54. The third kappa shape index (κ3) is 3.13. The van der Waals surface area contributed by atoms with E-state index in [-0.39, 0.29) is 0 Å². The smallest absolute Gasteiger partial charge is 0.338 e. The lowest BCUT2D eigenvalue weighted by Crippen LogP contribution is -2.42. The molecule has 0 aromatic heterocycles. The quantitative estimate of drug-likeness (QED) is 0.604. The molecule has 5 nitrogen and oxygen atoms in total. The highest BCUT2D eigenvalue weighted by atomic mass is 35.5. The molecule has 0 spiro atoms. The van der Waals surface area contributed by atoms with Crippen LogP contribution in [0.5, 0.6) is 0 Å². The van der Waals surface area contributed by atoms with Gasteiger partial charge in [0.1, 0.15) is 0 Å². The van der Waals surface area contributed by atoms with E-state index in [2.05, 4.69) is 10.1 Å². The Kier molecular flexibility index (Phi) is 4.13. The van der Waals surface area contributed by atoms with Crippen molar-refractivity contribution in [1.82, 2.24) is 0 Å². The number of nitrogens with one attached hydrogen (secondary N) is 1. The van der Waals surface area contributed by atoms with E-state index >= 15 is 0 Å². The molecule has 16 heavy (non-hydrogen) atoms. The summed E-state index contributed by atoms with van der Waals surface area (Å²) in [6, 6.07) is 5.36. The monoisotopic (exact) mass is 242 g/mol. The van der Waals surface area contributed by atoms with Gasteiger partial charge in [-0.1, -0.05) is 17.7 Å². The van der Waals surface area contributed by atoms with Gasteiger partial charge in [-0.2, -0.15) is 0 Å². The number of primary amides is 1. The maximum atomic E-state index is 11.2. The van der Waals surface area contributed by atoms with Gasteiger partial charge in [-0.15, -0.1) is 0 Å². The Morgan fingerprint density at radius 2 is 2.19 bits per heavy atom. The number of esters is 1. The van der Waals surface area contributed by atoms with E-state index in [1.54, 1.807) is 24.3 Å². The summed E-state index contributed by atoms with van der Waals surface area (Å²) >= 11 is 5.75. The molecule has 0 heterocycles. The van der Waals surface area contributed by atoms with Gasteiger partial charge in [0, 0.05) is 10.7 Å². The van der Waals surface area contributed by atoms with Crippen molar-refractivity contribution in [1.29, 1.82) is 0 Å². The fourth-order valence-corrected chi connectivity index (χ4v) is 1.30. The van der Waals surface area contributed by atoms with E-state index in [0.29, 0.717) is 10.7 Å². The highest BCUT2D eigenvalue weighted by Crippen LogP contribution is 2.15. The maximum absolute atomic E-state index is 11.2. The second kappa shape index (κ2) is 5.37. The molecule has 0 aliphatic carbocycles. The van der Waals surface area contributed by atoms with Gasteiger partial charge in [0.05, 0.1) is 7.11 Å². The predicted octanol–water partition coefficient (Wildman–Crippen LogP) is 0.779. The van der Waals surface area contributed by atoms with Crippen molar-refractivity contribution < 1.29 is 14.3 Å². The Morgan fingerprint density at radius 1 is 1.50 bits per heavy atom. The van der Waals surface area contributed by atoms with E-state index in [0.717, 1.165) is 0 Å². The average Bonchev–Trinajstić information content (AvgIpc) is 2.24. The van der Waals surface area contributed by atoms with E-state index in [1.165, 1.54) is 7.11 Å². The Labute approximate surface area is 97.5 Å². The van der Waals surface area contributed by atoms with Gasteiger partial charge in [0.15, 0.2) is 0 Å². The van der Waals surface area contributed by atoms with Crippen molar-refractivity contribution in [3.8, 4) is 0 Å². The Morgan fingerprint density at radius 3 is 2.69 bits per heavy atom. The van der Waals surface area contributed by atoms with Crippen LogP contribution >= 0.6 is 11.6 Å². The molecule has 1 amide bonds. The van der Waals surface area contributed by atoms with Crippen molar-refractivity contribution in [2.75, 3.05) is 12.4 Å². The second-order valence-corrected chi connectivity index (χ2v) is 3.45. The third-order valence-electron chi connectivity index (χ3n) is 1.86. The van der Waals surface area contributed by atoms with Crippen LogP contribution < -0.4 is 11.1 Å². The molecule has 0 radical (unpaired) electrons. The lowest BCUT2D eigenvalue weighted by Gasteiger charge is -2.14. The molecule has 0 aliphatic heterocycles. The van der Waals surface area contributed by atoms with Gasteiger partial charge in [-0.25, -0.2) is 4.79 Å². The zero-order valence-corrected chi connectivity index (χ0v) is 9.32. The highest BCUT2D eigenvalue weighted by Gasteiger charge is 2.24. The molecule has 0 aliphatic rings. The molecule has 1 atom stereocenters. The van der Waals surface area contributed by atoms with Crippen LogP contribution in [0.25, 0.3) is 0 Å². The Bertz CT molecular complexity index is 409. The minimum atomic E-state index is -1.22. The molecule has 0 bridgehead atoms. The number of carbonyl (C=O) groups excluding carboxylic acids is 2. The fourth-order valence-electron chi connectivity index (χ4n) is 1.11. The molecule has 0 saturated carbocycles. The lowest BCUT2D eigenvalue weighted by molar-refractivity contribution is -0.144. The SMILES string of the molecule is COC(=O)C(Nc1cccc(Cl)c1)C(N)=O. The van der Waals surface area contributed by atoms with Crippen LogP contribution in [-0.2, 0) is 14.3 Å². The normalized spacial score (nSPS) is 11.6. The predicted molar refractivity (Wildman–Crippen MR) is 60.1 cm³/mol. The molecule has 86 valence electrons. The summed E-state index contributed by atoms with van der Waals surface area (Å²) < 4.78 is 4.44. The molecule has 3 N–H and O–H groups in total. The minimum absolute atomic E-state index is 0.484. The van der Waals surface area contributed by atoms with Crippen molar-refractivity contribution in [2.24, 2.45) is 5.73 Å². The molecule has 6 heteroatoms. The summed E-state index contributed by atoms with van der Waals surface area (Å²) in [5.41, 5.74) is 5.58. The molecule has 1 aromatic carbocycles. The number of methoxy groups -OCH3 is 1. The molecule has 0 fully saturated rings. The van der Waals surface area contributed by atoms with Gasteiger partial charge in [0.25, 0.3) is 5.91 Å². The van der Waals surface area contributed by atoms with Gasteiger partial charge >= 0.3 is 5.97 Å². The molecule has 0 saturated heterocycles. The number of nitrogens with two attached hydrogens (primary N) is 1. The number of benzene rings is 1. The topological polar surface area (TPSA) is 81.4 Å². The van der Waals surface area contributed by atoms with Crippen LogP contribution in [-0.4, -0.2) is 25.0 Å². The Hall–Kier alpha value is -1.75. The van der Waals surface area contributed by atoms with Crippen LogP contribution in [0.2, 0.25) is 5.02 Å². The molecule has 1 unspecified atom stereocenters. The summed E-state index contributed by atoms with van der Waals surface area (Å²) in [6.07, 6.45) is 0. The first-order valence-electron chi connectivity index (χ1n) is 4.44. The zero-order chi connectivity index (χ0) is 12.1. The van der Waals surface area contributed by atoms with Gasteiger partial charge in [-0.05, 0) is 18.2 Å². The van der Waals surface area contributed by atoms with E-state index < -0.39 is 17.9 Å². The van der Waals surface area contributed by atoms with Crippen LogP contribution in [0.15, 0.2) is 24.3 Å². The molecular formula is C10H11ClN2O3. The second-order valence-electron chi connectivity index (χ2n) is 3.01. The number of carbonyl (C=O) groups is 2. The fraction of sp³-hybridized carbons (Fsp3) is 0.200. The third-order valence-corrected chi connectivity index (χ3v) is 2.09. The summed E-state index contributed by atoms with van der Waals surface area (Å²) in [5, 5.41) is 3.12. The number of amides is 1. The minimum Gasteiger partial charge on any atom is -0.467 e. The zero-order valence-electron chi connectivity index (χ0n) is 8.57. The number of rotatable bonds is 4. The van der Waals surface area contributed by atoms with Gasteiger partial charge in [-0.3, -0.25) is 4.79 Å². The average molecular weight is 243 g/mol. The summed E-state index contributed by atoms with van der Waals surface area (Å²) in [7, 11) is 1.18. The van der Waals surface area contributed by atoms with Crippen molar-refractivity contribution >= 4 is 29.2 Å². The number of hydrogen-bond donors (Lipinski definition) is 2. The van der Waals surface area contributed by atoms with Crippen LogP contribution in [0.4, 0.5) is 5.69 Å². The van der Waals surface area contributed by atoms with Crippen LogP contribution in [0, 0.1) is 0 Å². The van der Waals surface area contributed by atoms with Crippen molar-refractivity contribution in [3.63, 3.8) is 0 Å². The van der Waals surface area contributed by atoms with Crippen LogP contribution in [0.3, 0.4) is 0 Å². The number of halogens is 1. The van der Waals surface area contributed by atoms with E-state index in [1.807, 2.05) is 0 Å². The first-order valence-corrected chi connectivity index (χ1v) is 4.81. The highest BCUT2D eigenvalue weighted by molar-refractivity contribution is 6.30. The molecule has 1 aromatic rings. The Balaban J connectivity index is 2.84. The largest absolute Gasteiger partial charge is 0.467 e. The molecule has 1 rings (SSSR count).